The number of anilines is 1. The van der Waals surface area contributed by atoms with Crippen LogP contribution in [-0.2, 0) is 4.79 Å². The van der Waals surface area contributed by atoms with Crippen molar-refractivity contribution in [2.24, 2.45) is 5.92 Å². The van der Waals surface area contributed by atoms with E-state index >= 15 is 0 Å². The van der Waals surface area contributed by atoms with Gasteiger partial charge in [-0.1, -0.05) is 37.5 Å². The molecule has 1 aliphatic carbocycles. The molecule has 21 heavy (non-hydrogen) atoms. The zero-order valence-electron chi connectivity index (χ0n) is 13.7. The van der Waals surface area contributed by atoms with Gasteiger partial charge in [-0.15, -0.1) is 0 Å². The first kappa shape index (κ1) is 16.0. The summed E-state index contributed by atoms with van der Waals surface area (Å²) in [6, 6.07) is 6.46. The molecule has 0 radical (unpaired) electrons. The van der Waals surface area contributed by atoms with E-state index in [4.69, 9.17) is 0 Å². The molecule has 1 aromatic carbocycles. The molecule has 2 N–H and O–H groups in total. The van der Waals surface area contributed by atoms with Crippen LogP contribution in [0.5, 0.6) is 0 Å². The number of rotatable bonds is 5. The first-order valence-corrected chi connectivity index (χ1v) is 8.15. The van der Waals surface area contributed by atoms with Crippen LogP contribution >= 0.6 is 0 Å². The topological polar surface area (TPSA) is 41.1 Å². The molecule has 0 bridgehead atoms. The molecule has 1 fully saturated rings. The lowest BCUT2D eigenvalue weighted by atomic mass is 10.00. The fraction of sp³-hybridized carbons (Fsp3) is 0.611. The highest BCUT2D eigenvalue weighted by Gasteiger charge is 2.28. The number of nitrogens with one attached hydrogen (secondary N) is 2. The molecule has 0 saturated heterocycles. The van der Waals surface area contributed by atoms with E-state index in [1.807, 2.05) is 26.0 Å². The second kappa shape index (κ2) is 7.08. The van der Waals surface area contributed by atoms with Crippen LogP contribution in [0.15, 0.2) is 18.2 Å². The highest BCUT2D eigenvalue weighted by Crippen LogP contribution is 2.28. The van der Waals surface area contributed by atoms with Crippen molar-refractivity contribution in [3.8, 4) is 0 Å². The molecule has 1 saturated carbocycles. The minimum atomic E-state index is -0.150. The summed E-state index contributed by atoms with van der Waals surface area (Å²) in [5.41, 5.74) is 3.24. The second-order valence-electron chi connectivity index (χ2n) is 6.40. The molecule has 116 valence electrons. The zero-order chi connectivity index (χ0) is 15.4. The SMILES string of the molecule is CC[C@@H]1CCC[C@H]1N[C@@H](C)C(=O)Nc1ccc(C)cc1C. The third kappa shape index (κ3) is 4.07. The van der Waals surface area contributed by atoms with Crippen molar-refractivity contribution in [3.63, 3.8) is 0 Å². The van der Waals surface area contributed by atoms with Gasteiger partial charge in [-0.05, 0) is 51.2 Å². The van der Waals surface area contributed by atoms with Crippen molar-refractivity contribution in [3.05, 3.63) is 29.3 Å². The first-order chi connectivity index (χ1) is 10.0. The van der Waals surface area contributed by atoms with Crippen LogP contribution < -0.4 is 10.6 Å². The summed E-state index contributed by atoms with van der Waals surface area (Å²) in [7, 11) is 0. The number of amides is 1. The average molecular weight is 288 g/mol. The molecular formula is C18H28N2O. The lowest BCUT2D eigenvalue weighted by Crippen LogP contribution is -2.45. The van der Waals surface area contributed by atoms with Crippen LogP contribution in [-0.4, -0.2) is 18.0 Å². The Morgan fingerprint density at radius 1 is 1.33 bits per heavy atom. The van der Waals surface area contributed by atoms with Crippen LogP contribution in [0.25, 0.3) is 0 Å². The van der Waals surface area contributed by atoms with Gasteiger partial charge in [0.1, 0.15) is 0 Å². The molecule has 1 amide bonds. The summed E-state index contributed by atoms with van der Waals surface area (Å²) in [4.78, 5) is 12.4. The van der Waals surface area contributed by atoms with Crippen molar-refractivity contribution in [2.75, 3.05) is 5.32 Å². The van der Waals surface area contributed by atoms with E-state index < -0.39 is 0 Å². The Kier molecular flexibility index (Phi) is 5.40. The molecule has 3 heteroatoms. The fourth-order valence-corrected chi connectivity index (χ4v) is 3.34. The zero-order valence-corrected chi connectivity index (χ0v) is 13.7. The maximum absolute atomic E-state index is 12.4. The van der Waals surface area contributed by atoms with Crippen LogP contribution in [0.3, 0.4) is 0 Å². The summed E-state index contributed by atoms with van der Waals surface area (Å²) in [5.74, 6) is 0.782. The van der Waals surface area contributed by atoms with Gasteiger partial charge < -0.3 is 10.6 Å². The van der Waals surface area contributed by atoms with Crippen LogP contribution in [0.2, 0.25) is 0 Å². The van der Waals surface area contributed by atoms with Crippen LogP contribution in [0.4, 0.5) is 5.69 Å². The minimum Gasteiger partial charge on any atom is -0.324 e. The standard InChI is InChI=1S/C18H28N2O/c1-5-15-7-6-8-17(15)19-14(4)18(21)20-16-10-9-12(2)11-13(16)3/h9-11,14-15,17,19H,5-8H2,1-4H3,(H,20,21)/t14-,15+,17+/m0/s1. The Bertz CT molecular complexity index is 498. The average Bonchev–Trinajstić information content (AvgIpc) is 2.89. The maximum atomic E-state index is 12.4. The molecule has 1 aromatic rings. The monoisotopic (exact) mass is 288 g/mol. The summed E-state index contributed by atoms with van der Waals surface area (Å²) in [5, 5.41) is 6.56. The van der Waals surface area contributed by atoms with Gasteiger partial charge in [-0.2, -0.15) is 0 Å². The van der Waals surface area contributed by atoms with Gasteiger partial charge in [-0.3, -0.25) is 4.79 Å². The first-order valence-electron chi connectivity index (χ1n) is 8.15. The van der Waals surface area contributed by atoms with Crippen molar-refractivity contribution >= 4 is 11.6 Å². The molecular weight excluding hydrogens is 260 g/mol. The van der Waals surface area contributed by atoms with E-state index in [1.54, 1.807) is 0 Å². The molecule has 3 atom stereocenters. The van der Waals surface area contributed by atoms with Crippen LogP contribution in [0, 0.1) is 19.8 Å². The van der Waals surface area contributed by atoms with Gasteiger partial charge >= 0.3 is 0 Å². The molecule has 1 aliphatic rings. The lowest BCUT2D eigenvalue weighted by Gasteiger charge is -2.24. The van der Waals surface area contributed by atoms with Crippen molar-refractivity contribution in [1.29, 1.82) is 0 Å². The fourth-order valence-electron chi connectivity index (χ4n) is 3.34. The van der Waals surface area contributed by atoms with E-state index in [2.05, 4.69) is 30.5 Å². The molecule has 0 heterocycles. The summed E-state index contributed by atoms with van der Waals surface area (Å²) < 4.78 is 0. The Morgan fingerprint density at radius 2 is 2.10 bits per heavy atom. The predicted molar refractivity (Wildman–Crippen MR) is 88.6 cm³/mol. The van der Waals surface area contributed by atoms with E-state index in [0.717, 1.165) is 17.2 Å². The summed E-state index contributed by atoms with van der Waals surface area (Å²) in [6.45, 7) is 8.30. The number of aryl methyl sites for hydroxylation is 2. The predicted octanol–water partition coefficient (Wildman–Crippen LogP) is 3.80. The summed E-state index contributed by atoms with van der Waals surface area (Å²) >= 11 is 0. The second-order valence-corrected chi connectivity index (χ2v) is 6.40. The van der Waals surface area contributed by atoms with Crippen molar-refractivity contribution in [2.45, 2.75) is 65.5 Å². The van der Waals surface area contributed by atoms with Crippen molar-refractivity contribution in [1.82, 2.24) is 5.32 Å². The highest BCUT2D eigenvalue weighted by atomic mass is 16.2. The third-order valence-corrected chi connectivity index (χ3v) is 4.68. The van der Waals surface area contributed by atoms with E-state index in [1.165, 1.54) is 31.2 Å². The molecule has 0 aliphatic heterocycles. The highest BCUT2D eigenvalue weighted by molar-refractivity contribution is 5.95. The molecule has 0 aromatic heterocycles. The normalized spacial score (nSPS) is 23.0. The Labute approximate surface area is 128 Å². The molecule has 3 nitrogen and oxygen atoms in total. The van der Waals surface area contributed by atoms with Gasteiger partial charge in [-0.25, -0.2) is 0 Å². The van der Waals surface area contributed by atoms with E-state index in [0.29, 0.717) is 6.04 Å². The Hall–Kier alpha value is -1.35. The molecule has 2 rings (SSSR count). The Morgan fingerprint density at radius 3 is 2.76 bits per heavy atom. The van der Waals surface area contributed by atoms with E-state index in [-0.39, 0.29) is 11.9 Å². The minimum absolute atomic E-state index is 0.0590. The maximum Gasteiger partial charge on any atom is 0.241 e. The number of carbonyl (C=O) groups excluding carboxylic acids is 1. The largest absolute Gasteiger partial charge is 0.324 e. The quantitative estimate of drug-likeness (QED) is 0.865. The van der Waals surface area contributed by atoms with Gasteiger partial charge in [0.2, 0.25) is 5.91 Å². The smallest absolute Gasteiger partial charge is 0.241 e. The van der Waals surface area contributed by atoms with Gasteiger partial charge in [0.15, 0.2) is 0 Å². The lowest BCUT2D eigenvalue weighted by molar-refractivity contribution is -0.118. The third-order valence-electron chi connectivity index (χ3n) is 4.68. The summed E-state index contributed by atoms with van der Waals surface area (Å²) in [6.07, 6.45) is 4.96. The van der Waals surface area contributed by atoms with Crippen LogP contribution in [0.1, 0.15) is 50.7 Å². The van der Waals surface area contributed by atoms with Gasteiger partial charge in [0, 0.05) is 11.7 Å². The number of benzene rings is 1. The number of carbonyl (C=O) groups is 1. The Balaban J connectivity index is 1.93. The number of hydrogen-bond acceptors (Lipinski definition) is 2. The van der Waals surface area contributed by atoms with Gasteiger partial charge in [0.25, 0.3) is 0 Å². The molecule has 0 spiro atoms. The van der Waals surface area contributed by atoms with E-state index in [9.17, 15) is 4.79 Å². The van der Waals surface area contributed by atoms with Gasteiger partial charge in [0.05, 0.1) is 6.04 Å². The number of hydrogen-bond donors (Lipinski definition) is 2. The van der Waals surface area contributed by atoms with Crippen molar-refractivity contribution < 1.29 is 4.79 Å². The molecule has 0 unspecified atom stereocenters.